The number of ether oxygens (including phenoxy) is 1. The summed E-state index contributed by atoms with van der Waals surface area (Å²) in [5, 5.41) is 4.94. The lowest BCUT2D eigenvalue weighted by Crippen LogP contribution is -2.42. The number of amides is 1. The van der Waals surface area contributed by atoms with Gasteiger partial charge in [-0.3, -0.25) is 9.69 Å². The molecule has 1 aliphatic rings. The normalized spacial score (nSPS) is 17.2. The van der Waals surface area contributed by atoms with Gasteiger partial charge in [0.1, 0.15) is 0 Å². The van der Waals surface area contributed by atoms with Gasteiger partial charge in [-0.1, -0.05) is 6.07 Å². The van der Waals surface area contributed by atoms with Crippen molar-refractivity contribution in [1.82, 2.24) is 10.2 Å². The standard InChI is InChI=1S/C11H16N2O2S/c14-11(9-13-3-5-15-6-4-13)12-8-10-2-1-7-16-10/h1-2,7H,3-6,8-9H2,(H,12,14). The summed E-state index contributed by atoms with van der Waals surface area (Å²) in [6.45, 7) is 4.30. The highest BCUT2D eigenvalue weighted by atomic mass is 32.1. The fraction of sp³-hybridized carbons (Fsp3) is 0.545. The van der Waals surface area contributed by atoms with E-state index in [4.69, 9.17) is 4.74 Å². The van der Waals surface area contributed by atoms with Gasteiger partial charge in [-0.05, 0) is 11.4 Å². The van der Waals surface area contributed by atoms with Crippen LogP contribution in [0, 0.1) is 0 Å². The number of carbonyl (C=O) groups is 1. The third kappa shape index (κ3) is 3.59. The van der Waals surface area contributed by atoms with Gasteiger partial charge in [0.05, 0.1) is 26.3 Å². The van der Waals surface area contributed by atoms with E-state index < -0.39 is 0 Å². The third-order valence-electron chi connectivity index (χ3n) is 2.51. The van der Waals surface area contributed by atoms with E-state index in [0.717, 1.165) is 26.3 Å². The monoisotopic (exact) mass is 240 g/mol. The molecule has 2 rings (SSSR count). The number of hydrogen-bond donors (Lipinski definition) is 1. The Labute approximate surface area is 99.2 Å². The van der Waals surface area contributed by atoms with Crippen LogP contribution in [0.25, 0.3) is 0 Å². The molecule has 0 bridgehead atoms. The Morgan fingerprint density at radius 1 is 1.50 bits per heavy atom. The molecule has 1 aliphatic heterocycles. The van der Waals surface area contributed by atoms with Gasteiger partial charge in [-0.2, -0.15) is 0 Å². The zero-order chi connectivity index (χ0) is 11.2. The molecule has 1 N–H and O–H groups in total. The summed E-state index contributed by atoms with van der Waals surface area (Å²) in [7, 11) is 0. The minimum Gasteiger partial charge on any atom is -0.379 e. The maximum Gasteiger partial charge on any atom is 0.234 e. The first-order valence-electron chi connectivity index (χ1n) is 5.44. The lowest BCUT2D eigenvalue weighted by Gasteiger charge is -2.25. The van der Waals surface area contributed by atoms with E-state index >= 15 is 0 Å². The summed E-state index contributed by atoms with van der Waals surface area (Å²) in [6, 6.07) is 4.02. The lowest BCUT2D eigenvalue weighted by atomic mass is 10.4. The molecule has 1 amide bonds. The van der Waals surface area contributed by atoms with E-state index in [1.807, 2.05) is 17.5 Å². The molecule has 1 fully saturated rings. The summed E-state index contributed by atoms with van der Waals surface area (Å²) in [5.41, 5.74) is 0. The van der Waals surface area contributed by atoms with Crippen LogP contribution in [0.4, 0.5) is 0 Å². The molecule has 1 saturated heterocycles. The van der Waals surface area contributed by atoms with Crippen molar-refractivity contribution in [2.24, 2.45) is 0 Å². The average Bonchev–Trinajstić information content (AvgIpc) is 2.81. The van der Waals surface area contributed by atoms with Crippen molar-refractivity contribution >= 4 is 17.2 Å². The second-order valence-corrected chi connectivity index (χ2v) is 4.78. The topological polar surface area (TPSA) is 41.6 Å². The van der Waals surface area contributed by atoms with Gasteiger partial charge in [-0.25, -0.2) is 0 Å². The van der Waals surface area contributed by atoms with Crippen molar-refractivity contribution in [3.63, 3.8) is 0 Å². The van der Waals surface area contributed by atoms with E-state index in [9.17, 15) is 4.79 Å². The predicted molar refractivity (Wildman–Crippen MR) is 63.4 cm³/mol. The van der Waals surface area contributed by atoms with Crippen molar-refractivity contribution in [2.75, 3.05) is 32.8 Å². The summed E-state index contributed by atoms with van der Waals surface area (Å²) < 4.78 is 5.23. The van der Waals surface area contributed by atoms with Crippen LogP contribution in [0.1, 0.15) is 4.88 Å². The molecule has 1 aromatic heterocycles. The first-order chi connectivity index (χ1) is 7.84. The Morgan fingerprint density at radius 2 is 2.31 bits per heavy atom. The number of rotatable bonds is 4. The van der Waals surface area contributed by atoms with Crippen LogP contribution in [-0.2, 0) is 16.1 Å². The number of hydrogen-bond acceptors (Lipinski definition) is 4. The van der Waals surface area contributed by atoms with Crippen LogP contribution < -0.4 is 5.32 Å². The summed E-state index contributed by atoms with van der Waals surface area (Å²) >= 11 is 1.66. The van der Waals surface area contributed by atoms with Crippen molar-refractivity contribution in [1.29, 1.82) is 0 Å². The van der Waals surface area contributed by atoms with Crippen LogP contribution >= 0.6 is 11.3 Å². The van der Waals surface area contributed by atoms with Crippen LogP contribution in [0.2, 0.25) is 0 Å². The van der Waals surface area contributed by atoms with Crippen LogP contribution in [0.3, 0.4) is 0 Å². The van der Waals surface area contributed by atoms with Crippen LogP contribution in [0.5, 0.6) is 0 Å². The molecule has 4 nitrogen and oxygen atoms in total. The van der Waals surface area contributed by atoms with Crippen molar-refractivity contribution in [3.8, 4) is 0 Å². The van der Waals surface area contributed by atoms with E-state index in [2.05, 4.69) is 10.2 Å². The second-order valence-electron chi connectivity index (χ2n) is 3.74. The zero-order valence-electron chi connectivity index (χ0n) is 9.15. The largest absolute Gasteiger partial charge is 0.379 e. The zero-order valence-corrected chi connectivity index (χ0v) is 9.96. The Kier molecular flexibility index (Phi) is 4.33. The fourth-order valence-electron chi connectivity index (χ4n) is 1.62. The van der Waals surface area contributed by atoms with Crippen molar-refractivity contribution in [3.05, 3.63) is 22.4 Å². The minimum absolute atomic E-state index is 0.0929. The molecule has 0 spiro atoms. The molecule has 0 aliphatic carbocycles. The number of morpholine rings is 1. The van der Waals surface area contributed by atoms with Gasteiger partial charge < -0.3 is 10.1 Å². The Hall–Kier alpha value is -0.910. The molecule has 1 aromatic rings. The van der Waals surface area contributed by atoms with E-state index in [0.29, 0.717) is 13.1 Å². The summed E-state index contributed by atoms with van der Waals surface area (Å²) in [4.78, 5) is 14.9. The molecule has 0 aromatic carbocycles. The number of nitrogens with one attached hydrogen (secondary N) is 1. The molecule has 5 heteroatoms. The second kappa shape index (κ2) is 5.98. The first kappa shape index (κ1) is 11.6. The Bertz CT molecular complexity index is 321. The first-order valence-corrected chi connectivity index (χ1v) is 6.32. The fourth-order valence-corrected chi connectivity index (χ4v) is 2.26. The van der Waals surface area contributed by atoms with Crippen molar-refractivity contribution < 1.29 is 9.53 Å². The molecule has 16 heavy (non-hydrogen) atoms. The molecule has 0 unspecified atom stereocenters. The average molecular weight is 240 g/mol. The smallest absolute Gasteiger partial charge is 0.234 e. The molecular formula is C11H16N2O2S. The summed E-state index contributed by atoms with van der Waals surface area (Å²) in [5.74, 6) is 0.0929. The number of thiophene rings is 1. The molecule has 0 radical (unpaired) electrons. The predicted octanol–water partition coefficient (Wildman–Crippen LogP) is 0.697. The SMILES string of the molecule is O=C(CN1CCOCC1)NCc1cccs1. The third-order valence-corrected chi connectivity index (χ3v) is 3.39. The maximum atomic E-state index is 11.6. The lowest BCUT2D eigenvalue weighted by molar-refractivity contribution is -0.123. The van der Waals surface area contributed by atoms with E-state index in [1.165, 1.54) is 4.88 Å². The highest BCUT2D eigenvalue weighted by Gasteiger charge is 2.13. The molecule has 88 valence electrons. The van der Waals surface area contributed by atoms with Gasteiger partial charge in [-0.15, -0.1) is 11.3 Å². The van der Waals surface area contributed by atoms with Crippen molar-refractivity contribution in [2.45, 2.75) is 6.54 Å². The van der Waals surface area contributed by atoms with Gasteiger partial charge in [0.25, 0.3) is 0 Å². The van der Waals surface area contributed by atoms with Gasteiger partial charge in [0.15, 0.2) is 0 Å². The van der Waals surface area contributed by atoms with E-state index in [1.54, 1.807) is 11.3 Å². The van der Waals surface area contributed by atoms with Gasteiger partial charge in [0.2, 0.25) is 5.91 Å². The van der Waals surface area contributed by atoms with E-state index in [-0.39, 0.29) is 5.91 Å². The minimum atomic E-state index is 0.0929. The summed E-state index contributed by atoms with van der Waals surface area (Å²) in [6.07, 6.45) is 0. The number of carbonyl (C=O) groups excluding carboxylic acids is 1. The Balaban J connectivity index is 1.67. The highest BCUT2D eigenvalue weighted by Crippen LogP contribution is 2.07. The quantitative estimate of drug-likeness (QED) is 0.842. The molecular weight excluding hydrogens is 224 g/mol. The Morgan fingerprint density at radius 3 is 3.00 bits per heavy atom. The maximum absolute atomic E-state index is 11.6. The van der Waals surface area contributed by atoms with Gasteiger partial charge >= 0.3 is 0 Å². The van der Waals surface area contributed by atoms with Crippen LogP contribution in [0.15, 0.2) is 17.5 Å². The number of nitrogens with zero attached hydrogens (tertiary/aromatic N) is 1. The molecule has 0 saturated carbocycles. The van der Waals surface area contributed by atoms with Crippen LogP contribution in [-0.4, -0.2) is 43.7 Å². The molecule has 0 atom stereocenters. The molecule has 2 heterocycles. The van der Waals surface area contributed by atoms with Gasteiger partial charge in [0, 0.05) is 18.0 Å². The highest BCUT2D eigenvalue weighted by molar-refractivity contribution is 7.09.